The van der Waals surface area contributed by atoms with Gasteiger partial charge in [0.2, 0.25) is 5.91 Å². The van der Waals surface area contributed by atoms with Gasteiger partial charge in [-0.3, -0.25) is 9.89 Å². The maximum Gasteiger partial charge on any atom is 0.229 e. The summed E-state index contributed by atoms with van der Waals surface area (Å²) in [5.41, 5.74) is 5.48. The van der Waals surface area contributed by atoms with Crippen LogP contribution < -0.4 is 0 Å². The molecule has 1 N–H and O–H groups in total. The van der Waals surface area contributed by atoms with Gasteiger partial charge in [-0.05, 0) is 59.3 Å². The molecule has 7 heteroatoms. The Kier molecular flexibility index (Phi) is 4.54. The Morgan fingerprint density at radius 1 is 1.19 bits per heavy atom. The molecular formula is C19H28N6O. The molecule has 1 aliphatic heterocycles. The summed E-state index contributed by atoms with van der Waals surface area (Å²) in [4.78, 5) is 15.0. The zero-order chi connectivity index (χ0) is 18.3. The number of hydrogen-bond donors (Lipinski definition) is 1. The molecule has 140 valence electrons. The molecule has 2 aromatic rings. The van der Waals surface area contributed by atoms with E-state index in [1.807, 2.05) is 25.7 Å². The Balaban J connectivity index is 1.42. The molecule has 1 aliphatic carbocycles. The van der Waals surface area contributed by atoms with Crippen LogP contribution in [0.2, 0.25) is 0 Å². The van der Waals surface area contributed by atoms with Crippen molar-refractivity contribution in [3.8, 4) is 0 Å². The molecule has 3 heterocycles. The molecular weight excluding hydrogens is 328 g/mol. The van der Waals surface area contributed by atoms with Crippen molar-refractivity contribution >= 4 is 5.91 Å². The van der Waals surface area contributed by atoms with E-state index in [4.69, 9.17) is 0 Å². The molecule has 1 fully saturated rings. The Bertz CT molecular complexity index is 780. The van der Waals surface area contributed by atoms with Crippen LogP contribution in [-0.4, -0.2) is 49.1 Å². The number of fused-ring (bicyclic) bond motifs is 1. The normalized spacial score (nSPS) is 19.4. The molecule has 4 rings (SSSR count). The standard InChI is InChI=1S/C19H28N6O/c1-12(18-13(2)20-21-14(18)3)19(26)24-10-8-15(9-11-24)25-17-7-5-4-6-16(17)22-23-25/h12,15H,4-11H2,1-3H3,(H,20,21). The number of piperidine rings is 1. The van der Waals surface area contributed by atoms with Crippen LogP contribution in [0.25, 0.3) is 0 Å². The van der Waals surface area contributed by atoms with E-state index in [2.05, 4.69) is 25.2 Å². The second-order valence-corrected chi connectivity index (χ2v) is 7.76. The van der Waals surface area contributed by atoms with Crippen molar-refractivity contribution < 1.29 is 4.79 Å². The van der Waals surface area contributed by atoms with Crippen LogP contribution in [0.1, 0.15) is 72.9 Å². The van der Waals surface area contributed by atoms with E-state index in [-0.39, 0.29) is 11.8 Å². The number of amides is 1. The van der Waals surface area contributed by atoms with Crippen LogP contribution >= 0.6 is 0 Å². The number of aryl methyl sites for hydroxylation is 3. The van der Waals surface area contributed by atoms with E-state index in [0.29, 0.717) is 6.04 Å². The minimum atomic E-state index is -0.149. The summed E-state index contributed by atoms with van der Waals surface area (Å²) in [5, 5.41) is 16.1. The van der Waals surface area contributed by atoms with Crippen molar-refractivity contribution in [1.82, 2.24) is 30.1 Å². The van der Waals surface area contributed by atoms with Gasteiger partial charge in [0, 0.05) is 24.3 Å². The number of H-pyrrole nitrogens is 1. The zero-order valence-electron chi connectivity index (χ0n) is 16.0. The molecule has 0 radical (unpaired) electrons. The van der Waals surface area contributed by atoms with Crippen molar-refractivity contribution in [2.75, 3.05) is 13.1 Å². The first-order valence-corrected chi connectivity index (χ1v) is 9.79. The smallest absolute Gasteiger partial charge is 0.229 e. The van der Waals surface area contributed by atoms with Gasteiger partial charge in [-0.1, -0.05) is 5.21 Å². The fourth-order valence-corrected chi connectivity index (χ4v) is 4.60. The zero-order valence-corrected chi connectivity index (χ0v) is 16.0. The van der Waals surface area contributed by atoms with Gasteiger partial charge in [0.15, 0.2) is 0 Å². The summed E-state index contributed by atoms with van der Waals surface area (Å²) in [6.45, 7) is 7.52. The van der Waals surface area contributed by atoms with Gasteiger partial charge in [0.05, 0.1) is 29.0 Å². The lowest BCUT2D eigenvalue weighted by atomic mass is 9.95. The number of nitrogens with zero attached hydrogens (tertiary/aromatic N) is 5. The summed E-state index contributed by atoms with van der Waals surface area (Å²) in [7, 11) is 0. The lowest BCUT2D eigenvalue weighted by Crippen LogP contribution is -2.41. The summed E-state index contributed by atoms with van der Waals surface area (Å²) in [6.07, 6.45) is 6.53. The predicted molar refractivity (Wildman–Crippen MR) is 98.0 cm³/mol. The van der Waals surface area contributed by atoms with Crippen molar-refractivity contribution in [2.45, 2.75) is 71.3 Å². The summed E-state index contributed by atoms with van der Waals surface area (Å²) in [5.74, 6) is 0.0566. The fraction of sp³-hybridized carbons (Fsp3) is 0.684. The van der Waals surface area contributed by atoms with Crippen LogP contribution in [0.5, 0.6) is 0 Å². The van der Waals surface area contributed by atoms with E-state index >= 15 is 0 Å². The van der Waals surface area contributed by atoms with Crippen LogP contribution in [0.4, 0.5) is 0 Å². The summed E-state index contributed by atoms with van der Waals surface area (Å²) < 4.78 is 2.16. The summed E-state index contributed by atoms with van der Waals surface area (Å²) >= 11 is 0. The average Bonchev–Trinajstić information content (AvgIpc) is 3.24. The number of carbonyl (C=O) groups excluding carboxylic acids is 1. The number of carbonyl (C=O) groups is 1. The molecule has 1 saturated heterocycles. The second kappa shape index (κ2) is 6.85. The highest BCUT2D eigenvalue weighted by molar-refractivity contribution is 5.84. The summed E-state index contributed by atoms with van der Waals surface area (Å²) in [6, 6.07) is 0.376. The lowest BCUT2D eigenvalue weighted by Gasteiger charge is -2.34. The van der Waals surface area contributed by atoms with Gasteiger partial charge in [-0.25, -0.2) is 4.68 Å². The Morgan fingerprint density at radius 3 is 2.62 bits per heavy atom. The molecule has 26 heavy (non-hydrogen) atoms. The monoisotopic (exact) mass is 356 g/mol. The first-order valence-electron chi connectivity index (χ1n) is 9.79. The highest BCUT2D eigenvalue weighted by Crippen LogP contribution is 2.30. The molecule has 1 atom stereocenters. The first-order chi connectivity index (χ1) is 12.6. The topological polar surface area (TPSA) is 79.7 Å². The van der Waals surface area contributed by atoms with Gasteiger partial charge < -0.3 is 4.90 Å². The van der Waals surface area contributed by atoms with Crippen LogP contribution in [-0.2, 0) is 17.6 Å². The minimum Gasteiger partial charge on any atom is -0.342 e. The Hall–Kier alpha value is -2.18. The second-order valence-electron chi connectivity index (χ2n) is 7.76. The third kappa shape index (κ3) is 2.93. The molecule has 1 amide bonds. The highest BCUT2D eigenvalue weighted by Gasteiger charge is 2.31. The SMILES string of the molecule is Cc1n[nH]c(C)c1C(C)C(=O)N1CCC(n2nnc3c2CCCC3)CC1. The number of rotatable bonds is 3. The van der Waals surface area contributed by atoms with E-state index in [0.717, 1.165) is 55.7 Å². The molecule has 0 spiro atoms. The average molecular weight is 356 g/mol. The van der Waals surface area contributed by atoms with E-state index < -0.39 is 0 Å². The van der Waals surface area contributed by atoms with Gasteiger partial charge in [0.1, 0.15) is 0 Å². The Morgan fingerprint density at radius 2 is 1.92 bits per heavy atom. The van der Waals surface area contributed by atoms with Crippen LogP contribution in [0.3, 0.4) is 0 Å². The molecule has 0 bridgehead atoms. The maximum absolute atomic E-state index is 13.0. The molecule has 2 aliphatic rings. The van der Waals surface area contributed by atoms with Crippen molar-refractivity contribution in [2.24, 2.45) is 0 Å². The fourth-order valence-electron chi connectivity index (χ4n) is 4.60. The molecule has 1 unspecified atom stereocenters. The maximum atomic E-state index is 13.0. The molecule has 2 aromatic heterocycles. The largest absolute Gasteiger partial charge is 0.342 e. The van der Waals surface area contributed by atoms with E-state index in [9.17, 15) is 4.79 Å². The Labute approximate surface area is 154 Å². The van der Waals surface area contributed by atoms with E-state index in [1.54, 1.807) is 0 Å². The van der Waals surface area contributed by atoms with Crippen LogP contribution in [0.15, 0.2) is 0 Å². The molecule has 0 saturated carbocycles. The van der Waals surface area contributed by atoms with Gasteiger partial charge in [-0.2, -0.15) is 5.10 Å². The number of nitrogens with one attached hydrogen (secondary N) is 1. The molecule has 7 nitrogen and oxygen atoms in total. The van der Waals surface area contributed by atoms with Gasteiger partial charge in [-0.15, -0.1) is 5.10 Å². The lowest BCUT2D eigenvalue weighted by molar-refractivity contribution is -0.133. The number of aromatic amines is 1. The first kappa shape index (κ1) is 17.2. The third-order valence-electron chi connectivity index (χ3n) is 6.06. The number of hydrogen-bond acceptors (Lipinski definition) is 4. The van der Waals surface area contributed by atoms with E-state index in [1.165, 1.54) is 24.2 Å². The number of aromatic nitrogens is 5. The quantitative estimate of drug-likeness (QED) is 0.916. The van der Waals surface area contributed by atoms with Gasteiger partial charge in [0.25, 0.3) is 0 Å². The van der Waals surface area contributed by atoms with Gasteiger partial charge >= 0.3 is 0 Å². The number of likely N-dealkylation sites (tertiary alicyclic amines) is 1. The van der Waals surface area contributed by atoms with Crippen LogP contribution in [0, 0.1) is 13.8 Å². The highest BCUT2D eigenvalue weighted by atomic mass is 16.2. The van der Waals surface area contributed by atoms with Crippen molar-refractivity contribution in [3.63, 3.8) is 0 Å². The minimum absolute atomic E-state index is 0.149. The predicted octanol–water partition coefficient (Wildman–Crippen LogP) is 2.46. The molecule has 0 aromatic carbocycles. The van der Waals surface area contributed by atoms with Crippen molar-refractivity contribution in [1.29, 1.82) is 0 Å². The third-order valence-corrected chi connectivity index (χ3v) is 6.06. The van der Waals surface area contributed by atoms with Crippen molar-refractivity contribution in [3.05, 3.63) is 28.3 Å².